The van der Waals surface area contributed by atoms with E-state index in [0.717, 1.165) is 29.4 Å². The van der Waals surface area contributed by atoms with Gasteiger partial charge in [0.1, 0.15) is 11.6 Å². The molecule has 1 saturated heterocycles. The second kappa shape index (κ2) is 7.56. The molecule has 0 N–H and O–H groups in total. The lowest BCUT2D eigenvalue weighted by Gasteiger charge is -2.17. The molecule has 26 heavy (non-hydrogen) atoms. The number of carbonyl (C=O) groups excluding carboxylic acids is 1. The number of hydrogen-bond acceptors (Lipinski definition) is 2. The van der Waals surface area contributed by atoms with Crippen LogP contribution in [0.15, 0.2) is 18.2 Å². The number of benzene rings is 1. The molecular formula is C20H25F2N3O. The zero-order valence-corrected chi connectivity index (χ0v) is 15.6. The van der Waals surface area contributed by atoms with Gasteiger partial charge in [0, 0.05) is 38.3 Å². The van der Waals surface area contributed by atoms with Crippen LogP contribution in [0.5, 0.6) is 0 Å². The minimum atomic E-state index is -0.548. The zero-order chi connectivity index (χ0) is 18.8. The molecule has 1 amide bonds. The molecule has 2 heterocycles. The van der Waals surface area contributed by atoms with Crippen LogP contribution in [0.3, 0.4) is 0 Å². The second-order valence-corrected chi connectivity index (χ2v) is 7.25. The summed E-state index contributed by atoms with van der Waals surface area (Å²) in [6, 6.07) is 3.64. The van der Waals surface area contributed by atoms with Gasteiger partial charge in [0.05, 0.1) is 5.69 Å². The zero-order valence-electron chi connectivity index (χ0n) is 15.6. The van der Waals surface area contributed by atoms with E-state index in [9.17, 15) is 13.6 Å². The summed E-state index contributed by atoms with van der Waals surface area (Å²) in [5.74, 6) is -0.705. The summed E-state index contributed by atoms with van der Waals surface area (Å²) >= 11 is 0. The predicted octanol–water partition coefficient (Wildman–Crippen LogP) is 3.34. The van der Waals surface area contributed by atoms with E-state index in [1.807, 2.05) is 30.5 Å². The van der Waals surface area contributed by atoms with Crippen molar-refractivity contribution in [2.24, 2.45) is 13.0 Å². The van der Waals surface area contributed by atoms with Gasteiger partial charge in [0.2, 0.25) is 5.91 Å². The number of aromatic nitrogens is 2. The highest BCUT2D eigenvalue weighted by atomic mass is 19.1. The molecule has 1 fully saturated rings. The Morgan fingerprint density at radius 2 is 1.92 bits per heavy atom. The Bertz CT molecular complexity index is 795. The fourth-order valence-corrected chi connectivity index (χ4v) is 3.86. The van der Waals surface area contributed by atoms with Crippen molar-refractivity contribution in [2.75, 3.05) is 13.1 Å². The molecule has 0 radical (unpaired) electrons. The van der Waals surface area contributed by atoms with Gasteiger partial charge in [-0.15, -0.1) is 0 Å². The smallest absolute Gasteiger partial charge is 0.222 e. The molecule has 3 rings (SSSR count). The monoisotopic (exact) mass is 361 g/mol. The lowest BCUT2D eigenvalue weighted by Crippen LogP contribution is -2.29. The molecule has 0 aliphatic carbocycles. The van der Waals surface area contributed by atoms with Crippen molar-refractivity contribution in [3.8, 4) is 0 Å². The standard InChI is InChI=1S/C20H25F2N3O/c1-13-19(14(2)24(3)23-13)4-5-20(26)25-7-6-15(12-25)8-16-9-17(21)11-18(22)10-16/h9-11,15H,4-8,12H2,1-3H3. The summed E-state index contributed by atoms with van der Waals surface area (Å²) in [5, 5.41) is 4.39. The van der Waals surface area contributed by atoms with Gasteiger partial charge in [-0.2, -0.15) is 5.10 Å². The highest BCUT2D eigenvalue weighted by Gasteiger charge is 2.26. The summed E-state index contributed by atoms with van der Waals surface area (Å²) < 4.78 is 28.5. The van der Waals surface area contributed by atoms with E-state index in [4.69, 9.17) is 0 Å². The number of halogens is 2. The lowest BCUT2D eigenvalue weighted by atomic mass is 9.98. The lowest BCUT2D eigenvalue weighted by molar-refractivity contribution is -0.130. The molecule has 1 aliphatic rings. The van der Waals surface area contributed by atoms with Gasteiger partial charge in [0.15, 0.2) is 0 Å². The summed E-state index contributed by atoms with van der Waals surface area (Å²) in [4.78, 5) is 14.4. The Kier molecular flexibility index (Phi) is 5.39. The summed E-state index contributed by atoms with van der Waals surface area (Å²) in [6.45, 7) is 5.36. The van der Waals surface area contributed by atoms with Crippen LogP contribution in [0, 0.1) is 31.4 Å². The minimum Gasteiger partial charge on any atom is -0.342 e. The first-order valence-electron chi connectivity index (χ1n) is 9.05. The van der Waals surface area contributed by atoms with E-state index < -0.39 is 11.6 Å². The molecule has 1 aliphatic heterocycles. The third-order valence-electron chi connectivity index (χ3n) is 5.33. The number of nitrogens with zero attached hydrogens (tertiary/aromatic N) is 3. The van der Waals surface area contributed by atoms with E-state index in [-0.39, 0.29) is 11.8 Å². The molecule has 1 aromatic heterocycles. The highest BCUT2D eigenvalue weighted by Crippen LogP contribution is 2.23. The SMILES string of the molecule is Cc1nn(C)c(C)c1CCC(=O)N1CCC(Cc2cc(F)cc(F)c2)C1. The Morgan fingerprint density at radius 3 is 2.54 bits per heavy atom. The van der Waals surface area contributed by atoms with E-state index in [2.05, 4.69) is 5.10 Å². The maximum atomic E-state index is 13.3. The number of amides is 1. The third-order valence-corrected chi connectivity index (χ3v) is 5.33. The maximum Gasteiger partial charge on any atom is 0.222 e. The van der Waals surface area contributed by atoms with Crippen molar-refractivity contribution in [3.63, 3.8) is 0 Å². The van der Waals surface area contributed by atoms with Crippen LogP contribution >= 0.6 is 0 Å². The molecule has 0 spiro atoms. The fraction of sp³-hybridized carbons (Fsp3) is 0.500. The normalized spacial score (nSPS) is 17.1. The van der Waals surface area contributed by atoms with Gasteiger partial charge in [-0.3, -0.25) is 9.48 Å². The highest BCUT2D eigenvalue weighted by molar-refractivity contribution is 5.76. The molecule has 140 valence electrons. The summed E-state index contributed by atoms with van der Waals surface area (Å²) in [5.41, 5.74) is 3.88. The number of carbonyl (C=O) groups is 1. The summed E-state index contributed by atoms with van der Waals surface area (Å²) in [6.07, 6.45) is 2.63. The van der Waals surface area contributed by atoms with Gasteiger partial charge in [-0.05, 0) is 62.3 Å². The van der Waals surface area contributed by atoms with Crippen LogP contribution in [0.25, 0.3) is 0 Å². The number of rotatable bonds is 5. The fourth-order valence-electron chi connectivity index (χ4n) is 3.86. The van der Waals surface area contributed by atoms with E-state index in [1.165, 1.54) is 12.1 Å². The first-order chi connectivity index (χ1) is 12.3. The van der Waals surface area contributed by atoms with Crippen LogP contribution < -0.4 is 0 Å². The van der Waals surface area contributed by atoms with Crippen molar-refractivity contribution in [2.45, 2.75) is 39.5 Å². The van der Waals surface area contributed by atoms with Crippen molar-refractivity contribution < 1.29 is 13.6 Å². The molecule has 0 saturated carbocycles. The van der Waals surface area contributed by atoms with E-state index in [0.29, 0.717) is 37.9 Å². The number of likely N-dealkylation sites (tertiary alicyclic amines) is 1. The molecule has 2 aromatic rings. The second-order valence-electron chi connectivity index (χ2n) is 7.25. The van der Waals surface area contributed by atoms with Crippen molar-refractivity contribution >= 4 is 5.91 Å². The first-order valence-corrected chi connectivity index (χ1v) is 9.05. The molecule has 0 bridgehead atoms. The van der Waals surface area contributed by atoms with E-state index >= 15 is 0 Å². The third kappa shape index (κ3) is 4.11. The van der Waals surface area contributed by atoms with Gasteiger partial charge >= 0.3 is 0 Å². The van der Waals surface area contributed by atoms with Gasteiger partial charge in [-0.1, -0.05) is 0 Å². The number of hydrogen-bond donors (Lipinski definition) is 0. The van der Waals surface area contributed by atoms with Crippen LogP contribution in [0.4, 0.5) is 8.78 Å². The van der Waals surface area contributed by atoms with Crippen molar-refractivity contribution in [3.05, 3.63) is 52.3 Å². The first kappa shape index (κ1) is 18.5. The number of aryl methyl sites for hydroxylation is 2. The van der Waals surface area contributed by atoms with Gasteiger partial charge in [0.25, 0.3) is 0 Å². The van der Waals surface area contributed by atoms with Gasteiger partial charge < -0.3 is 4.90 Å². The van der Waals surface area contributed by atoms with Crippen molar-refractivity contribution in [1.29, 1.82) is 0 Å². The average Bonchev–Trinajstić information content (AvgIpc) is 3.10. The molecule has 1 unspecified atom stereocenters. The molecule has 1 atom stereocenters. The quantitative estimate of drug-likeness (QED) is 0.819. The Labute approximate surface area is 152 Å². The van der Waals surface area contributed by atoms with E-state index in [1.54, 1.807) is 0 Å². The van der Waals surface area contributed by atoms with Crippen molar-refractivity contribution in [1.82, 2.24) is 14.7 Å². The minimum absolute atomic E-state index is 0.139. The molecule has 1 aromatic carbocycles. The Balaban J connectivity index is 1.54. The molecular weight excluding hydrogens is 336 g/mol. The average molecular weight is 361 g/mol. The Morgan fingerprint density at radius 1 is 1.23 bits per heavy atom. The summed E-state index contributed by atoms with van der Waals surface area (Å²) in [7, 11) is 1.91. The predicted molar refractivity (Wildman–Crippen MR) is 95.8 cm³/mol. The van der Waals surface area contributed by atoms with Crippen LogP contribution in [-0.2, 0) is 24.7 Å². The van der Waals surface area contributed by atoms with Crippen LogP contribution in [0.1, 0.15) is 35.4 Å². The Hall–Kier alpha value is -2.24. The van der Waals surface area contributed by atoms with Crippen LogP contribution in [-0.4, -0.2) is 33.7 Å². The molecule has 4 nitrogen and oxygen atoms in total. The topological polar surface area (TPSA) is 38.1 Å². The molecule has 6 heteroatoms. The largest absolute Gasteiger partial charge is 0.342 e. The maximum absolute atomic E-state index is 13.3. The van der Waals surface area contributed by atoms with Crippen LogP contribution in [0.2, 0.25) is 0 Å². The van der Waals surface area contributed by atoms with Gasteiger partial charge in [-0.25, -0.2) is 8.78 Å².